The van der Waals surface area contributed by atoms with Crippen molar-refractivity contribution in [3.63, 3.8) is 0 Å². The molecule has 0 aliphatic carbocycles. The van der Waals surface area contributed by atoms with Crippen LogP contribution in [0.3, 0.4) is 0 Å². The van der Waals surface area contributed by atoms with Gasteiger partial charge in [-0.15, -0.1) is 0 Å². The Hall–Kier alpha value is -3.03. The molecule has 2 bridgehead atoms. The highest BCUT2D eigenvalue weighted by atomic mass is 35.5. The van der Waals surface area contributed by atoms with Crippen LogP contribution in [0.2, 0.25) is 5.02 Å². The van der Waals surface area contributed by atoms with Gasteiger partial charge in [-0.2, -0.15) is 0 Å². The van der Waals surface area contributed by atoms with Crippen LogP contribution in [0.1, 0.15) is 48.8 Å². The van der Waals surface area contributed by atoms with Gasteiger partial charge in [0, 0.05) is 31.7 Å². The zero-order chi connectivity index (χ0) is 25.7. The summed E-state index contributed by atoms with van der Waals surface area (Å²) in [4.78, 5) is 28.7. The minimum Gasteiger partial charge on any atom is -0.487 e. The van der Waals surface area contributed by atoms with Crippen molar-refractivity contribution in [2.24, 2.45) is 0 Å². The van der Waals surface area contributed by atoms with Crippen molar-refractivity contribution in [2.75, 3.05) is 31.6 Å². The van der Waals surface area contributed by atoms with Gasteiger partial charge < -0.3 is 24.7 Å². The molecule has 192 valence electrons. The van der Waals surface area contributed by atoms with Crippen molar-refractivity contribution in [1.29, 1.82) is 0 Å². The van der Waals surface area contributed by atoms with Gasteiger partial charge in [-0.05, 0) is 73.1 Å². The third-order valence-corrected chi connectivity index (χ3v) is 7.22. The highest BCUT2D eigenvalue weighted by molar-refractivity contribution is 6.30. The Kier molecular flexibility index (Phi) is 8.21. The van der Waals surface area contributed by atoms with Gasteiger partial charge in [-0.25, -0.2) is 4.79 Å². The number of hydrogen-bond acceptors (Lipinski definition) is 5. The van der Waals surface area contributed by atoms with Crippen LogP contribution in [0.4, 0.5) is 5.69 Å². The van der Waals surface area contributed by atoms with Crippen LogP contribution in [0, 0.1) is 0 Å². The molecule has 0 saturated carbocycles. The predicted molar refractivity (Wildman–Crippen MR) is 140 cm³/mol. The number of ether oxygens (including phenoxy) is 1. The molecule has 1 atom stereocenters. The number of rotatable bonds is 1. The molecule has 2 aromatic rings. The topological polar surface area (TPSA) is 90.3 Å². The molecule has 2 heterocycles. The molecule has 8 heteroatoms. The van der Waals surface area contributed by atoms with Crippen molar-refractivity contribution in [3.05, 3.63) is 70.3 Å². The Morgan fingerprint density at radius 2 is 1.86 bits per heavy atom. The molecule has 0 spiro atoms. The first-order valence-electron chi connectivity index (χ1n) is 12.4. The summed E-state index contributed by atoms with van der Waals surface area (Å²) in [6.07, 6.45) is 7.93. The third kappa shape index (κ3) is 5.85. The second-order valence-corrected chi connectivity index (χ2v) is 9.99. The van der Waals surface area contributed by atoms with E-state index in [1.165, 1.54) is 10.5 Å². The predicted octanol–water partition coefficient (Wildman–Crippen LogP) is 4.53. The number of aryl methyl sites for hydroxylation is 1. The number of carbonyl (C=O) groups is 2. The fourth-order valence-electron chi connectivity index (χ4n) is 4.75. The lowest BCUT2D eigenvalue weighted by Crippen LogP contribution is -2.42. The number of likely N-dealkylation sites (N-methyl/N-ethyl adjacent to an activating group) is 1. The average molecular weight is 513 g/mol. The summed E-state index contributed by atoms with van der Waals surface area (Å²) in [6, 6.07) is 10.8. The first-order valence-corrected chi connectivity index (χ1v) is 12.8. The van der Waals surface area contributed by atoms with E-state index in [1.54, 1.807) is 25.2 Å². The molecule has 0 fully saturated rings. The molecule has 0 unspecified atom stereocenters. The normalized spacial score (nSPS) is 22.5. The molecule has 2 N–H and O–H groups in total. The van der Waals surface area contributed by atoms with Gasteiger partial charge in [0.2, 0.25) is 5.91 Å². The second kappa shape index (κ2) is 11.4. The van der Waals surface area contributed by atoms with E-state index in [4.69, 9.17) is 16.3 Å². The maximum absolute atomic E-state index is 12.8. The Balaban J connectivity index is 1.77. The molecule has 36 heavy (non-hydrogen) atoms. The number of carboxylic acids is 1. The lowest BCUT2D eigenvalue weighted by molar-refractivity contribution is -0.164. The van der Waals surface area contributed by atoms with E-state index in [1.807, 2.05) is 30.4 Å². The Labute approximate surface area is 216 Å². The quantitative estimate of drug-likeness (QED) is 0.545. The number of benzene rings is 2. The fraction of sp³-hybridized carbons (Fsp3) is 0.429. The van der Waals surface area contributed by atoms with E-state index in [-0.39, 0.29) is 5.56 Å². The number of amides is 1. The monoisotopic (exact) mass is 512 g/mol. The number of fused-ring (bicyclic) bond motifs is 2. The number of nitrogens with zero attached hydrogens (tertiary/aromatic N) is 2. The maximum atomic E-state index is 12.8. The maximum Gasteiger partial charge on any atom is 0.340 e. The van der Waals surface area contributed by atoms with Crippen molar-refractivity contribution in [2.45, 2.75) is 50.7 Å². The molecular weight excluding hydrogens is 480 g/mol. The van der Waals surface area contributed by atoms with Gasteiger partial charge >= 0.3 is 5.97 Å². The van der Waals surface area contributed by atoms with E-state index in [2.05, 4.69) is 4.90 Å². The number of aliphatic hydroxyl groups is 1. The smallest absolute Gasteiger partial charge is 0.340 e. The van der Waals surface area contributed by atoms with Crippen molar-refractivity contribution in [3.8, 4) is 5.75 Å². The number of anilines is 1. The minimum atomic E-state index is -2.35. The summed E-state index contributed by atoms with van der Waals surface area (Å²) in [7, 11) is 1.61. The number of aliphatic carboxylic acids is 1. The Bertz CT molecular complexity index is 1150. The third-order valence-electron chi connectivity index (χ3n) is 6.98. The molecule has 0 radical (unpaired) electrons. The SMILES string of the molecule is CN1C/C=C/CCCN2CCCCc3cc(Cl)ccc3COc3ccc(cc32)[C@@](O)(C(=O)O)CC1=O. The molecule has 0 saturated heterocycles. The molecule has 2 aromatic carbocycles. The van der Waals surface area contributed by atoms with Gasteiger partial charge in [0.1, 0.15) is 12.4 Å². The molecule has 1 amide bonds. The van der Waals surface area contributed by atoms with Gasteiger partial charge in [0.25, 0.3) is 0 Å². The Morgan fingerprint density at radius 1 is 1.06 bits per heavy atom. The molecule has 2 aliphatic heterocycles. The largest absolute Gasteiger partial charge is 0.487 e. The first-order chi connectivity index (χ1) is 17.3. The lowest BCUT2D eigenvalue weighted by Gasteiger charge is -2.31. The average Bonchev–Trinajstić information content (AvgIpc) is 2.88. The molecular formula is C28H33ClN2O5. The van der Waals surface area contributed by atoms with Gasteiger partial charge in [0.15, 0.2) is 5.60 Å². The first kappa shape index (κ1) is 26.0. The highest BCUT2D eigenvalue weighted by Gasteiger charge is 2.42. The van der Waals surface area contributed by atoms with E-state index in [9.17, 15) is 19.8 Å². The van der Waals surface area contributed by atoms with E-state index >= 15 is 0 Å². The van der Waals surface area contributed by atoms with E-state index in [0.717, 1.165) is 56.4 Å². The summed E-state index contributed by atoms with van der Waals surface area (Å²) in [6.45, 7) is 2.22. The lowest BCUT2D eigenvalue weighted by atomic mass is 9.89. The molecule has 4 rings (SSSR count). The number of halogens is 1. The van der Waals surface area contributed by atoms with Gasteiger partial charge in [-0.1, -0.05) is 35.9 Å². The molecule has 0 aromatic heterocycles. The van der Waals surface area contributed by atoms with Crippen molar-refractivity contribution in [1.82, 2.24) is 4.90 Å². The van der Waals surface area contributed by atoms with Gasteiger partial charge in [0.05, 0.1) is 12.1 Å². The molecule has 7 nitrogen and oxygen atoms in total. The van der Waals surface area contributed by atoms with Crippen LogP contribution in [0.15, 0.2) is 48.6 Å². The Morgan fingerprint density at radius 3 is 2.67 bits per heavy atom. The zero-order valence-electron chi connectivity index (χ0n) is 20.6. The van der Waals surface area contributed by atoms with Crippen LogP contribution in [-0.4, -0.2) is 53.7 Å². The van der Waals surface area contributed by atoms with Crippen molar-refractivity contribution >= 4 is 29.2 Å². The zero-order valence-corrected chi connectivity index (χ0v) is 21.3. The standard InChI is InChI=1S/C28H33ClN2O5/c1-30-13-5-2-3-6-14-31-15-7-4-8-20-16-23(29)11-9-21(20)19-36-25-12-10-22(17-24(25)31)28(35,27(33)34)18-26(30)32/h2,5,9-12,16-17,35H,3-4,6-8,13-15,18-19H2,1H3,(H,33,34)/b5-2+/t28-/m1/s1. The second-order valence-electron chi connectivity index (χ2n) is 9.56. The number of carboxylic acid groups (broad SMARTS) is 1. The number of carbonyl (C=O) groups excluding carboxylic acids is 1. The van der Waals surface area contributed by atoms with Crippen LogP contribution >= 0.6 is 11.6 Å². The van der Waals surface area contributed by atoms with Crippen LogP contribution < -0.4 is 9.64 Å². The summed E-state index contributed by atoms with van der Waals surface area (Å²) in [5.41, 5.74) is 0.770. The van der Waals surface area contributed by atoms with E-state index in [0.29, 0.717) is 23.9 Å². The van der Waals surface area contributed by atoms with Crippen molar-refractivity contribution < 1.29 is 24.5 Å². The summed E-state index contributed by atoms with van der Waals surface area (Å²) >= 11 is 6.25. The minimum absolute atomic E-state index is 0.166. The van der Waals surface area contributed by atoms with E-state index < -0.39 is 23.9 Å². The number of allylic oxidation sites excluding steroid dienone is 1. The molecule has 2 aliphatic rings. The van der Waals surface area contributed by atoms with Gasteiger partial charge in [-0.3, -0.25) is 4.79 Å². The highest BCUT2D eigenvalue weighted by Crippen LogP contribution is 2.37. The summed E-state index contributed by atoms with van der Waals surface area (Å²) < 4.78 is 6.28. The summed E-state index contributed by atoms with van der Waals surface area (Å²) in [5, 5.41) is 22.0. The fourth-order valence-corrected chi connectivity index (χ4v) is 4.94. The van der Waals surface area contributed by atoms with Crippen LogP contribution in [0.25, 0.3) is 0 Å². The number of hydrogen-bond donors (Lipinski definition) is 2. The summed E-state index contributed by atoms with van der Waals surface area (Å²) in [5.74, 6) is -1.29. The van der Waals surface area contributed by atoms with Crippen LogP contribution in [0.5, 0.6) is 5.75 Å². The van der Waals surface area contributed by atoms with Crippen LogP contribution in [-0.2, 0) is 28.2 Å².